The Morgan fingerprint density at radius 3 is 2.39 bits per heavy atom. The number of sulfonamides is 1. The van der Waals surface area contributed by atoms with E-state index in [0.29, 0.717) is 35.3 Å². The van der Waals surface area contributed by atoms with E-state index in [1.54, 1.807) is 43.3 Å². The SMILES string of the molecule is CCC1(c2ccc(NC(=O)c3ccc(C)c(NS(C)(=O)=O)c3)cc2)CCC(=O)NC1=O. The van der Waals surface area contributed by atoms with Crippen LogP contribution >= 0.6 is 0 Å². The Labute approximate surface area is 181 Å². The van der Waals surface area contributed by atoms with Crippen LogP contribution < -0.4 is 15.4 Å². The molecule has 164 valence electrons. The van der Waals surface area contributed by atoms with E-state index < -0.39 is 21.3 Å². The highest BCUT2D eigenvalue weighted by Crippen LogP contribution is 2.36. The molecule has 0 bridgehead atoms. The first kappa shape index (κ1) is 22.5. The van der Waals surface area contributed by atoms with Crippen molar-refractivity contribution in [1.29, 1.82) is 0 Å². The summed E-state index contributed by atoms with van der Waals surface area (Å²) in [5.41, 5.74) is 1.89. The molecule has 1 fully saturated rings. The van der Waals surface area contributed by atoms with Crippen LogP contribution in [0, 0.1) is 6.92 Å². The summed E-state index contributed by atoms with van der Waals surface area (Å²) in [6, 6.07) is 11.7. The smallest absolute Gasteiger partial charge is 0.255 e. The van der Waals surface area contributed by atoms with Gasteiger partial charge in [0, 0.05) is 17.7 Å². The van der Waals surface area contributed by atoms with Gasteiger partial charge in [0.05, 0.1) is 17.4 Å². The lowest BCUT2D eigenvalue weighted by Gasteiger charge is -2.35. The van der Waals surface area contributed by atoms with E-state index in [4.69, 9.17) is 0 Å². The predicted molar refractivity (Wildman–Crippen MR) is 118 cm³/mol. The normalized spacial score (nSPS) is 18.9. The van der Waals surface area contributed by atoms with Gasteiger partial charge in [0.25, 0.3) is 5.91 Å². The van der Waals surface area contributed by atoms with E-state index in [0.717, 1.165) is 11.8 Å². The van der Waals surface area contributed by atoms with Crippen LogP contribution in [0.5, 0.6) is 0 Å². The van der Waals surface area contributed by atoms with Crippen molar-refractivity contribution in [2.75, 3.05) is 16.3 Å². The Bertz CT molecular complexity index is 1140. The number of hydrogen-bond acceptors (Lipinski definition) is 5. The lowest BCUT2D eigenvalue weighted by Crippen LogP contribution is -2.51. The Morgan fingerprint density at radius 2 is 1.81 bits per heavy atom. The van der Waals surface area contributed by atoms with E-state index in [1.807, 2.05) is 6.92 Å². The summed E-state index contributed by atoms with van der Waals surface area (Å²) in [6.07, 6.45) is 2.33. The van der Waals surface area contributed by atoms with Crippen molar-refractivity contribution >= 4 is 39.1 Å². The van der Waals surface area contributed by atoms with Crippen molar-refractivity contribution in [2.24, 2.45) is 0 Å². The minimum absolute atomic E-state index is 0.263. The van der Waals surface area contributed by atoms with Crippen LogP contribution in [0.4, 0.5) is 11.4 Å². The summed E-state index contributed by atoms with van der Waals surface area (Å²) in [5.74, 6) is -0.954. The number of amides is 3. The van der Waals surface area contributed by atoms with Gasteiger partial charge in [0.2, 0.25) is 21.8 Å². The van der Waals surface area contributed by atoms with E-state index in [2.05, 4.69) is 15.4 Å². The van der Waals surface area contributed by atoms with Gasteiger partial charge < -0.3 is 5.32 Å². The molecule has 31 heavy (non-hydrogen) atoms. The van der Waals surface area contributed by atoms with E-state index in [-0.39, 0.29) is 18.2 Å². The molecule has 0 aliphatic carbocycles. The number of benzene rings is 2. The molecule has 8 nitrogen and oxygen atoms in total. The number of piperidine rings is 1. The first-order valence-corrected chi connectivity index (χ1v) is 11.8. The number of anilines is 2. The number of carbonyl (C=O) groups excluding carboxylic acids is 3. The van der Waals surface area contributed by atoms with Crippen LogP contribution in [0.15, 0.2) is 42.5 Å². The van der Waals surface area contributed by atoms with Crippen molar-refractivity contribution in [3.05, 3.63) is 59.2 Å². The number of hydrogen-bond donors (Lipinski definition) is 3. The molecule has 3 amide bonds. The van der Waals surface area contributed by atoms with Crippen LogP contribution in [0.2, 0.25) is 0 Å². The summed E-state index contributed by atoms with van der Waals surface area (Å²) in [7, 11) is -3.47. The second-order valence-corrected chi connectivity index (χ2v) is 9.50. The fourth-order valence-electron chi connectivity index (χ4n) is 3.71. The lowest BCUT2D eigenvalue weighted by atomic mass is 9.72. The second kappa shape index (κ2) is 8.50. The molecule has 0 saturated carbocycles. The largest absolute Gasteiger partial charge is 0.322 e. The zero-order valence-electron chi connectivity index (χ0n) is 17.6. The monoisotopic (exact) mass is 443 g/mol. The van der Waals surface area contributed by atoms with Gasteiger partial charge in [-0.25, -0.2) is 8.42 Å². The molecule has 1 heterocycles. The molecule has 1 unspecified atom stereocenters. The van der Waals surface area contributed by atoms with Gasteiger partial charge in [-0.15, -0.1) is 0 Å². The third-order valence-electron chi connectivity index (χ3n) is 5.56. The molecule has 1 atom stereocenters. The highest BCUT2D eigenvalue weighted by Gasteiger charge is 2.42. The molecule has 0 aromatic heterocycles. The first-order chi connectivity index (χ1) is 14.5. The van der Waals surface area contributed by atoms with Gasteiger partial charge in [0.1, 0.15) is 0 Å². The minimum Gasteiger partial charge on any atom is -0.322 e. The summed E-state index contributed by atoms with van der Waals surface area (Å²) < 4.78 is 25.4. The van der Waals surface area contributed by atoms with Crippen molar-refractivity contribution in [3.8, 4) is 0 Å². The summed E-state index contributed by atoms with van der Waals surface area (Å²) in [6.45, 7) is 3.65. The molecular weight excluding hydrogens is 418 g/mol. The van der Waals surface area contributed by atoms with Crippen LogP contribution in [-0.2, 0) is 25.0 Å². The molecule has 3 rings (SSSR count). The third-order valence-corrected chi connectivity index (χ3v) is 6.15. The van der Waals surface area contributed by atoms with Crippen molar-refractivity contribution in [3.63, 3.8) is 0 Å². The zero-order chi connectivity index (χ0) is 22.8. The molecule has 0 spiro atoms. The Hall–Kier alpha value is -3.20. The number of carbonyl (C=O) groups is 3. The number of imide groups is 1. The molecule has 2 aromatic carbocycles. The molecule has 1 aliphatic heterocycles. The van der Waals surface area contributed by atoms with Crippen LogP contribution in [0.25, 0.3) is 0 Å². The first-order valence-electron chi connectivity index (χ1n) is 9.89. The average molecular weight is 444 g/mol. The van der Waals surface area contributed by atoms with Crippen LogP contribution in [-0.4, -0.2) is 32.4 Å². The van der Waals surface area contributed by atoms with Gasteiger partial charge in [0.15, 0.2) is 0 Å². The number of rotatable bonds is 6. The Balaban J connectivity index is 1.78. The van der Waals surface area contributed by atoms with E-state index in [9.17, 15) is 22.8 Å². The van der Waals surface area contributed by atoms with Crippen LogP contribution in [0.3, 0.4) is 0 Å². The average Bonchev–Trinajstić information content (AvgIpc) is 2.70. The second-order valence-electron chi connectivity index (χ2n) is 7.75. The maximum Gasteiger partial charge on any atom is 0.255 e. The highest BCUT2D eigenvalue weighted by atomic mass is 32.2. The van der Waals surface area contributed by atoms with Gasteiger partial charge in [-0.3, -0.25) is 24.4 Å². The topological polar surface area (TPSA) is 121 Å². The zero-order valence-corrected chi connectivity index (χ0v) is 18.4. The fourth-order valence-corrected chi connectivity index (χ4v) is 4.33. The minimum atomic E-state index is -3.47. The maximum atomic E-state index is 12.6. The lowest BCUT2D eigenvalue weighted by molar-refractivity contribution is -0.138. The van der Waals surface area contributed by atoms with Gasteiger partial charge in [-0.05, 0) is 55.2 Å². The van der Waals surface area contributed by atoms with Crippen molar-refractivity contribution < 1.29 is 22.8 Å². The summed E-state index contributed by atoms with van der Waals surface area (Å²) >= 11 is 0. The Kier molecular flexibility index (Phi) is 6.17. The van der Waals surface area contributed by atoms with Crippen molar-refractivity contribution in [2.45, 2.75) is 38.5 Å². The molecule has 2 aromatic rings. The molecule has 0 radical (unpaired) electrons. The van der Waals surface area contributed by atoms with Gasteiger partial charge in [-0.2, -0.15) is 0 Å². The summed E-state index contributed by atoms with van der Waals surface area (Å²) in [5, 5.41) is 5.19. The van der Waals surface area contributed by atoms with E-state index in [1.165, 1.54) is 6.07 Å². The fraction of sp³-hybridized carbons (Fsp3) is 0.318. The highest BCUT2D eigenvalue weighted by molar-refractivity contribution is 7.92. The van der Waals surface area contributed by atoms with Crippen molar-refractivity contribution in [1.82, 2.24) is 5.32 Å². The quantitative estimate of drug-likeness (QED) is 0.593. The van der Waals surface area contributed by atoms with E-state index >= 15 is 0 Å². The number of nitrogens with one attached hydrogen (secondary N) is 3. The Morgan fingerprint density at radius 1 is 1.13 bits per heavy atom. The molecule has 3 N–H and O–H groups in total. The number of aryl methyl sites for hydroxylation is 1. The molecule has 1 aliphatic rings. The van der Waals surface area contributed by atoms with Gasteiger partial charge >= 0.3 is 0 Å². The predicted octanol–water partition coefficient (Wildman–Crippen LogP) is 2.70. The van der Waals surface area contributed by atoms with Gasteiger partial charge in [-0.1, -0.05) is 25.1 Å². The molecule has 9 heteroatoms. The third kappa shape index (κ3) is 4.93. The molecule has 1 saturated heterocycles. The summed E-state index contributed by atoms with van der Waals surface area (Å²) in [4.78, 5) is 36.7. The maximum absolute atomic E-state index is 12.6. The standard InChI is InChI=1S/C22H25N3O5S/c1-4-22(12-11-19(26)24-21(22)28)16-7-9-17(10-8-16)23-20(27)15-6-5-14(2)18(13-15)25-31(3,29)30/h5-10,13,25H,4,11-12H2,1-3H3,(H,23,27)(H,24,26,28). The molecular formula is C22H25N3O5S. The van der Waals surface area contributed by atoms with Crippen LogP contribution in [0.1, 0.15) is 47.7 Å².